The minimum absolute atomic E-state index is 0.763. The zero-order valence-corrected chi connectivity index (χ0v) is 7.49. The molecule has 2 N–H and O–H groups in total. The van der Waals surface area contributed by atoms with Crippen LogP contribution in [0.2, 0.25) is 0 Å². The van der Waals surface area contributed by atoms with Crippen LogP contribution in [0.15, 0.2) is 40.6 Å². The molecule has 0 fully saturated rings. The van der Waals surface area contributed by atoms with Crippen molar-refractivity contribution in [1.29, 1.82) is 0 Å². The Morgan fingerprint density at radius 2 is 2.00 bits per heavy atom. The zero-order chi connectivity index (χ0) is 9.40. The number of hydrogen-bond acceptors (Lipinski definition) is 2. The van der Waals surface area contributed by atoms with Crippen molar-refractivity contribution in [2.45, 2.75) is 13.8 Å². The zero-order valence-electron chi connectivity index (χ0n) is 7.49. The van der Waals surface area contributed by atoms with Gasteiger partial charge in [0.15, 0.2) is 0 Å². The molecule has 0 atom stereocenters. The lowest BCUT2D eigenvalue weighted by Gasteiger charge is -1.88. The third-order valence-corrected chi connectivity index (χ3v) is 1.06. The predicted octanol–water partition coefficient (Wildman–Crippen LogP) is 1.51. The molecule has 0 spiro atoms. The first-order valence-electron chi connectivity index (χ1n) is 3.68. The highest BCUT2D eigenvalue weighted by molar-refractivity contribution is 6.21. The van der Waals surface area contributed by atoms with E-state index < -0.39 is 0 Å². The van der Waals surface area contributed by atoms with Crippen LogP contribution in [0.4, 0.5) is 0 Å². The molecular formula is C9H13BN2. The van der Waals surface area contributed by atoms with Crippen LogP contribution in [0.3, 0.4) is 0 Å². The summed E-state index contributed by atoms with van der Waals surface area (Å²) in [5.74, 6) is 0. The molecule has 0 aliphatic rings. The molecule has 0 aliphatic carbocycles. The lowest BCUT2D eigenvalue weighted by atomic mass is 9.98. The van der Waals surface area contributed by atoms with Gasteiger partial charge < -0.3 is 5.73 Å². The maximum absolute atomic E-state index is 5.43. The number of nitrogens with two attached hydrogens (primary N) is 1. The Balaban J connectivity index is 4.11. The second-order valence-electron chi connectivity index (χ2n) is 2.38. The van der Waals surface area contributed by atoms with Crippen molar-refractivity contribution in [3.05, 3.63) is 35.6 Å². The molecule has 0 bridgehead atoms. The second-order valence-corrected chi connectivity index (χ2v) is 2.38. The van der Waals surface area contributed by atoms with Crippen LogP contribution >= 0.6 is 0 Å². The van der Waals surface area contributed by atoms with Gasteiger partial charge in [0.2, 0.25) is 0 Å². The van der Waals surface area contributed by atoms with E-state index in [0.717, 1.165) is 11.2 Å². The molecule has 0 heterocycles. The van der Waals surface area contributed by atoms with E-state index in [1.54, 1.807) is 18.4 Å². The van der Waals surface area contributed by atoms with Crippen molar-refractivity contribution in [2.24, 2.45) is 10.7 Å². The van der Waals surface area contributed by atoms with Gasteiger partial charge in [-0.15, -0.1) is 5.47 Å². The Labute approximate surface area is 75.0 Å². The molecule has 0 aromatic heterocycles. The van der Waals surface area contributed by atoms with Gasteiger partial charge in [0, 0.05) is 11.9 Å². The summed E-state index contributed by atoms with van der Waals surface area (Å²) in [6, 6.07) is 0. The Bertz CT molecular complexity index is 233. The van der Waals surface area contributed by atoms with Crippen molar-refractivity contribution in [3.8, 4) is 0 Å². The Hall–Kier alpha value is -1.25. The van der Waals surface area contributed by atoms with Crippen LogP contribution in [0.25, 0.3) is 0 Å². The molecule has 0 saturated heterocycles. The standard InChI is InChI=1S/C9H13BN2/c1-8(10)4-5-9(2)12-7-3-6-11/h3-7H,11H2,1-2H3/b6-3-,8-4+,9-5+,12-7+. The molecule has 62 valence electrons. The second kappa shape index (κ2) is 6.46. The van der Waals surface area contributed by atoms with Crippen molar-refractivity contribution >= 4 is 14.1 Å². The van der Waals surface area contributed by atoms with Gasteiger partial charge in [-0.2, -0.15) is 0 Å². The van der Waals surface area contributed by atoms with E-state index in [2.05, 4.69) is 4.99 Å². The van der Waals surface area contributed by atoms with E-state index in [4.69, 9.17) is 13.6 Å². The number of aliphatic imine (C=N–C) groups is 1. The molecular weight excluding hydrogens is 147 g/mol. The van der Waals surface area contributed by atoms with E-state index >= 15 is 0 Å². The quantitative estimate of drug-likeness (QED) is 0.379. The SMILES string of the molecule is [B]/C(C)=C/C=C(C)/N=C/C=C\N. The molecule has 2 nitrogen and oxygen atoms in total. The number of allylic oxidation sites excluding steroid dienone is 5. The van der Waals surface area contributed by atoms with Crippen LogP contribution < -0.4 is 5.73 Å². The summed E-state index contributed by atoms with van der Waals surface area (Å²) in [5.41, 5.74) is 6.76. The summed E-state index contributed by atoms with van der Waals surface area (Å²) in [6.07, 6.45) is 8.37. The summed E-state index contributed by atoms with van der Waals surface area (Å²) in [6.45, 7) is 3.72. The first-order valence-corrected chi connectivity index (χ1v) is 3.68. The van der Waals surface area contributed by atoms with Crippen LogP contribution in [0.5, 0.6) is 0 Å². The fourth-order valence-electron chi connectivity index (χ4n) is 0.505. The topological polar surface area (TPSA) is 38.4 Å². The average molecular weight is 160 g/mol. The van der Waals surface area contributed by atoms with Gasteiger partial charge in [0.05, 0.1) is 0 Å². The summed E-state index contributed by atoms with van der Waals surface area (Å²) in [5, 5.41) is 0. The molecule has 0 unspecified atom stereocenters. The molecule has 0 aromatic rings. The Kier molecular flexibility index (Phi) is 5.79. The fourth-order valence-corrected chi connectivity index (χ4v) is 0.505. The highest BCUT2D eigenvalue weighted by atomic mass is 14.7. The smallest absolute Gasteiger partial charge is 0.107 e. The lowest BCUT2D eigenvalue weighted by molar-refractivity contribution is 1.32. The maximum Gasteiger partial charge on any atom is 0.107 e. The van der Waals surface area contributed by atoms with Gasteiger partial charge in [-0.25, -0.2) is 0 Å². The first kappa shape index (κ1) is 10.8. The van der Waals surface area contributed by atoms with E-state index in [9.17, 15) is 0 Å². The van der Waals surface area contributed by atoms with Gasteiger partial charge in [-0.05, 0) is 25.3 Å². The average Bonchev–Trinajstić information content (AvgIpc) is 2.01. The van der Waals surface area contributed by atoms with Crippen LogP contribution in [-0.2, 0) is 0 Å². The highest BCUT2D eigenvalue weighted by Gasteiger charge is 1.78. The summed E-state index contributed by atoms with van der Waals surface area (Å²) < 4.78 is 0. The highest BCUT2D eigenvalue weighted by Crippen LogP contribution is 1.95. The Morgan fingerprint density at radius 1 is 1.33 bits per heavy atom. The van der Waals surface area contributed by atoms with Crippen molar-refractivity contribution < 1.29 is 0 Å². The fraction of sp³-hybridized carbons (Fsp3) is 0.222. The molecule has 0 saturated carbocycles. The normalized spacial score (nSPS) is 14.8. The number of hydrogen-bond donors (Lipinski definition) is 1. The number of nitrogens with zero attached hydrogens (tertiary/aromatic N) is 1. The van der Waals surface area contributed by atoms with Gasteiger partial charge >= 0.3 is 0 Å². The minimum Gasteiger partial charge on any atom is -0.405 e. The van der Waals surface area contributed by atoms with Crippen molar-refractivity contribution in [2.75, 3.05) is 0 Å². The summed E-state index contributed by atoms with van der Waals surface area (Å²) in [4.78, 5) is 4.06. The molecule has 12 heavy (non-hydrogen) atoms. The Morgan fingerprint density at radius 3 is 2.50 bits per heavy atom. The molecule has 3 heteroatoms. The third-order valence-electron chi connectivity index (χ3n) is 1.06. The molecule has 0 amide bonds. The van der Waals surface area contributed by atoms with E-state index in [1.165, 1.54) is 6.20 Å². The monoisotopic (exact) mass is 160 g/mol. The molecule has 0 rings (SSSR count). The van der Waals surface area contributed by atoms with Gasteiger partial charge in [0.1, 0.15) is 7.85 Å². The molecule has 2 radical (unpaired) electrons. The largest absolute Gasteiger partial charge is 0.405 e. The van der Waals surface area contributed by atoms with Crippen LogP contribution in [-0.4, -0.2) is 14.1 Å². The van der Waals surface area contributed by atoms with Crippen molar-refractivity contribution in [1.82, 2.24) is 0 Å². The van der Waals surface area contributed by atoms with Crippen LogP contribution in [0, 0.1) is 0 Å². The maximum atomic E-state index is 5.43. The van der Waals surface area contributed by atoms with Crippen molar-refractivity contribution in [3.63, 3.8) is 0 Å². The van der Waals surface area contributed by atoms with Crippen LogP contribution in [0.1, 0.15) is 13.8 Å². The third kappa shape index (κ3) is 6.87. The minimum atomic E-state index is 0.763. The van der Waals surface area contributed by atoms with Gasteiger partial charge in [0.25, 0.3) is 0 Å². The van der Waals surface area contributed by atoms with E-state index in [1.807, 2.05) is 19.9 Å². The van der Waals surface area contributed by atoms with E-state index in [-0.39, 0.29) is 0 Å². The predicted molar refractivity (Wildman–Crippen MR) is 55.1 cm³/mol. The lowest BCUT2D eigenvalue weighted by Crippen LogP contribution is -1.77. The summed E-state index contributed by atoms with van der Waals surface area (Å²) in [7, 11) is 5.43. The number of rotatable bonds is 3. The molecule has 0 aromatic carbocycles. The molecule has 0 aliphatic heterocycles. The first-order chi connectivity index (χ1) is 5.66. The van der Waals surface area contributed by atoms with Gasteiger partial charge in [-0.3, -0.25) is 4.99 Å². The van der Waals surface area contributed by atoms with E-state index in [0.29, 0.717) is 0 Å². The van der Waals surface area contributed by atoms with Gasteiger partial charge in [-0.1, -0.05) is 13.0 Å². The summed E-state index contributed by atoms with van der Waals surface area (Å²) >= 11 is 0.